The number of carbonyl (C=O) groups excluding carboxylic acids is 1. The lowest BCUT2D eigenvalue weighted by Crippen LogP contribution is -2.43. The van der Waals surface area contributed by atoms with Crippen LogP contribution in [0.2, 0.25) is 0 Å². The summed E-state index contributed by atoms with van der Waals surface area (Å²) in [5.74, 6) is -1.09. The molecule has 0 aliphatic heterocycles. The van der Waals surface area contributed by atoms with Crippen LogP contribution in [0.3, 0.4) is 0 Å². The maximum atomic E-state index is 12.9. The summed E-state index contributed by atoms with van der Waals surface area (Å²) < 4.78 is 6.05. The second kappa shape index (κ2) is 11.4. The Balaban J connectivity index is 2.16. The highest BCUT2D eigenvalue weighted by Crippen LogP contribution is 2.45. The summed E-state index contributed by atoms with van der Waals surface area (Å²) in [6.45, 7) is 7.81. The lowest BCUT2D eigenvalue weighted by Gasteiger charge is -2.44. The Hall–Kier alpha value is -1.70. The van der Waals surface area contributed by atoms with Crippen LogP contribution in [0.1, 0.15) is 66.2 Å². The second-order valence-electron chi connectivity index (χ2n) is 10.2. The fourth-order valence-electron chi connectivity index (χ4n) is 4.77. The van der Waals surface area contributed by atoms with Gasteiger partial charge in [0.05, 0.1) is 24.0 Å². The van der Waals surface area contributed by atoms with E-state index in [9.17, 15) is 24.9 Å². The minimum atomic E-state index is -1.09. The van der Waals surface area contributed by atoms with Crippen LogP contribution in [0, 0.1) is 29.1 Å². The van der Waals surface area contributed by atoms with Crippen molar-refractivity contribution >= 4 is 11.9 Å². The van der Waals surface area contributed by atoms with Gasteiger partial charge in [-0.05, 0) is 63.4 Å². The number of aliphatic hydroxyl groups is 3. The SMILES string of the molecule is CCC(C)(C)C(=O)O[C@H]1C[C@H](CO)C=C2C=C[C@H](C)[C@H](CC[C@@H](O)C[C@@H](O)CC(=O)O)[C@H]21. The molecule has 0 saturated heterocycles. The van der Waals surface area contributed by atoms with Gasteiger partial charge < -0.3 is 25.2 Å². The van der Waals surface area contributed by atoms with E-state index in [1.165, 1.54) is 0 Å². The van der Waals surface area contributed by atoms with Crippen molar-refractivity contribution < 1.29 is 34.8 Å². The number of esters is 1. The van der Waals surface area contributed by atoms with Crippen LogP contribution in [-0.4, -0.2) is 57.3 Å². The fourth-order valence-corrected chi connectivity index (χ4v) is 4.77. The molecule has 0 bridgehead atoms. The Morgan fingerprint density at radius 3 is 2.53 bits per heavy atom. The molecule has 0 saturated carbocycles. The number of hydrogen-bond donors (Lipinski definition) is 4. The Morgan fingerprint density at radius 2 is 1.94 bits per heavy atom. The third-order valence-corrected chi connectivity index (χ3v) is 7.19. The predicted octanol–water partition coefficient (Wildman–Crippen LogP) is 3.08. The first kappa shape index (κ1) is 26.6. The summed E-state index contributed by atoms with van der Waals surface area (Å²) >= 11 is 0. The summed E-state index contributed by atoms with van der Waals surface area (Å²) in [6.07, 6.45) is 5.97. The molecule has 0 spiro atoms. The molecule has 0 fully saturated rings. The first-order valence-electron chi connectivity index (χ1n) is 11.8. The Morgan fingerprint density at radius 1 is 1.25 bits per heavy atom. The standard InChI is InChI=1S/C25H40O7/c1-5-25(3,4)24(31)32-21-11-16(14-26)10-17-7-6-15(2)20(23(17)21)9-8-18(27)12-19(28)13-22(29)30/h6-7,10,15-16,18-21,23,26-28H,5,8-9,11-14H2,1-4H3,(H,29,30)/t15-,16+,18+,19+,20-,21-,23-/m0/s1. The maximum absolute atomic E-state index is 12.9. The molecular weight excluding hydrogens is 412 g/mol. The zero-order valence-corrected chi connectivity index (χ0v) is 19.7. The lowest BCUT2D eigenvalue weighted by atomic mass is 9.65. The van der Waals surface area contributed by atoms with Crippen LogP contribution >= 0.6 is 0 Å². The molecule has 0 aromatic rings. The molecule has 7 atom stereocenters. The predicted molar refractivity (Wildman–Crippen MR) is 121 cm³/mol. The lowest BCUT2D eigenvalue weighted by molar-refractivity contribution is -0.165. The molecule has 0 amide bonds. The Bertz CT molecular complexity index is 711. The van der Waals surface area contributed by atoms with Gasteiger partial charge in [0.25, 0.3) is 0 Å². The first-order chi connectivity index (χ1) is 15.0. The number of rotatable bonds is 11. The zero-order valence-electron chi connectivity index (χ0n) is 19.7. The van der Waals surface area contributed by atoms with Gasteiger partial charge in [0.15, 0.2) is 0 Å². The van der Waals surface area contributed by atoms with E-state index < -0.39 is 23.6 Å². The highest BCUT2D eigenvalue weighted by atomic mass is 16.5. The molecule has 0 heterocycles. The molecule has 0 radical (unpaired) electrons. The molecule has 4 N–H and O–H groups in total. The Kier molecular flexibility index (Phi) is 9.49. The van der Waals surface area contributed by atoms with E-state index in [1.807, 2.05) is 20.8 Å². The van der Waals surface area contributed by atoms with Crippen LogP contribution in [0.25, 0.3) is 0 Å². The molecular formula is C25H40O7. The number of allylic oxidation sites excluding steroid dienone is 2. The number of carboxylic acids is 1. The zero-order chi connectivity index (χ0) is 24.1. The average Bonchev–Trinajstić information content (AvgIpc) is 2.72. The van der Waals surface area contributed by atoms with Gasteiger partial charge in [-0.15, -0.1) is 0 Å². The van der Waals surface area contributed by atoms with Crippen LogP contribution in [0.4, 0.5) is 0 Å². The van der Waals surface area contributed by atoms with Crippen molar-refractivity contribution in [3.8, 4) is 0 Å². The van der Waals surface area contributed by atoms with Crippen molar-refractivity contribution in [1.82, 2.24) is 0 Å². The monoisotopic (exact) mass is 452 g/mol. The van der Waals surface area contributed by atoms with E-state index in [0.717, 1.165) is 5.57 Å². The van der Waals surface area contributed by atoms with Gasteiger partial charge in [-0.2, -0.15) is 0 Å². The summed E-state index contributed by atoms with van der Waals surface area (Å²) in [7, 11) is 0. The van der Waals surface area contributed by atoms with Crippen LogP contribution < -0.4 is 0 Å². The molecule has 7 heteroatoms. The van der Waals surface area contributed by atoms with E-state index in [1.54, 1.807) is 0 Å². The summed E-state index contributed by atoms with van der Waals surface area (Å²) in [6, 6.07) is 0. The van der Waals surface area contributed by atoms with Crippen LogP contribution in [0.5, 0.6) is 0 Å². The number of fused-ring (bicyclic) bond motifs is 1. The van der Waals surface area contributed by atoms with Gasteiger partial charge in [-0.3, -0.25) is 9.59 Å². The third kappa shape index (κ3) is 6.90. The molecule has 2 rings (SSSR count). The average molecular weight is 453 g/mol. The minimum Gasteiger partial charge on any atom is -0.481 e. The van der Waals surface area contributed by atoms with Crippen molar-refractivity contribution in [3.63, 3.8) is 0 Å². The van der Waals surface area contributed by atoms with E-state index in [2.05, 4.69) is 25.2 Å². The molecule has 0 unspecified atom stereocenters. The second-order valence-corrected chi connectivity index (χ2v) is 10.2. The van der Waals surface area contributed by atoms with E-state index in [4.69, 9.17) is 9.84 Å². The summed E-state index contributed by atoms with van der Waals surface area (Å²) in [5, 5.41) is 38.8. The molecule has 182 valence electrons. The number of hydrogen-bond acceptors (Lipinski definition) is 6. The molecule has 7 nitrogen and oxygen atoms in total. The van der Waals surface area contributed by atoms with E-state index in [-0.39, 0.29) is 55.2 Å². The van der Waals surface area contributed by atoms with Crippen molar-refractivity contribution in [2.24, 2.45) is 29.1 Å². The number of aliphatic carboxylic acids is 1. The van der Waals surface area contributed by atoms with E-state index in [0.29, 0.717) is 25.7 Å². The summed E-state index contributed by atoms with van der Waals surface area (Å²) in [4.78, 5) is 23.6. The van der Waals surface area contributed by atoms with Gasteiger partial charge in [-0.1, -0.05) is 32.1 Å². The van der Waals surface area contributed by atoms with Crippen molar-refractivity contribution in [2.75, 3.05) is 6.61 Å². The number of ether oxygens (including phenoxy) is 1. The van der Waals surface area contributed by atoms with Gasteiger partial charge in [0.1, 0.15) is 6.10 Å². The van der Waals surface area contributed by atoms with Crippen molar-refractivity contribution in [3.05, 3.63) is 23.8 Å². The molecule has 2 aliphatic carbocycles. The molecule has 32 heavy (non-hydrogen) atoms. The van der Waals surface area contributed by atoms with Gasteiger partial charge in [0.2, 0.25) is 0 Å². The highest BCUT2D eigenvalue weighted by molar-refractivity contribution is 5.76. The normalized spacial score (nSPS) is 29.6. The van der Waals surface area contributed by atoms with E-state index >= 15 is 0 Å². The number of aliphatic hydroxyl groups excluding tert-OH is 3. The largest absolute Gasteiger partial charge is 0.481 e. The third-order valence-electron chi connectivity index (χ3n) is 7.19. The van der Waals surface area contributed by atoms with Crippen LogP contribution in [0.15, 0.2) is 23.8 Å². The fraction of sp³-hybridized carbons (Fsp3) is 0.760. The van der Waals surface area contributed by atoms with Crippen molar-refractivity contribution in [2.45, 2.75) is 84.5 Å². The topological polar surface area (TPSA) is 124 Å². The smallest absolute Gasteiger partial charge is 0.311 e. The summed E-state index contributed by atoms with van der Waals surface area (Å²) in [5.41, 5.74) is 0.476. The highest BCUT2D eigenvalue weighted by Gasteiger charge is 2.43. The maximum Gasteiger partial charge on any atom is 0.311 e. The minimum absolute atomic E-state index is 0.00428. The molecule has 2 aliphatic rings. The van der Waals surface area contributed by atoms with Gasteiger partial charge in [-0.25, -0.2) is 0 Å². The molecule has 0 aromatic carbocycles. The van der Waals surface area contributed by atoms with Crippen LogP contribution in [-0.2, 0) is 14.3 Å². The quantitative estimate of drug-likeness (QED) is 0.355. The molecule has 0 aromatic heterocycles. The Labute approximate surface area is 191 Å². The van der Waals surface area contributed by atoms with Crippen molar-refractivity contribution in [1.29, 1.82) is 0 Å². The first-order valence-corrected chi connectivity index (χ1v) is 11.8. The number of carboxylic acid groups (broad SMARTS) is 1. The number of carbonyl (C=O) groups is 2. The van der Waals surface area contributed by atoms with Gasteiger partial charge >= 0.3 is 11.9 Å². The van der Waals surface area contributed by atoms with Gasteiger partial charge in [0, 0.05) is 18.4 Å².